The minimum Gasteiger partial charge on any atom is -0.373 e. The molecule has 0 aromatic carbocycles. The number of hydrogen-bond acceptors (Lipinski definition) is 3. The van der Waals surface area contributed by atoms with Crippen molar-refractivity contribution >= 4 is 0 Å². The van der Waals surface area contributed by atoms with Crippen molar-refractivity contribution in [3.63, 3.8) is 0 Å². The van der Waals surface area contributed by atoms with E-state index in [-0.39, 0.29) is 11.1 Å². The summed E-state index contributed by atoms with van der Waals surface area (Å²) < 4.78 is 5.45. The molecule has 3 nitrogen and oxygen atoms in total. The summed E-state index contributed by atoms with van der Waals surface area (Å²) in [7, 11) is 0. The van der Waals surface area contributed by atoms with Gasteiger partial charge in [0.15, 0.2) is 0 Å². The lowest BCUT2D eigenvalue weighted by molar-refractivity contribution is -0.288. The lowest BCUT2D eigenvalue weighted by atomic mass is 9.74. The summed E-state index contributed by atoms with van der Waals surface area (Å²) in [6.45, 7) is 13.5. The van der Waals surface area contributed by atoms with E-state index >= 15 is 0 Å². The highest BCUT2D eigenvalue weighted by atomic mass is 16.7. The van der Waals surface area contributed by atoms with Crippen LogP contribution in [-0.2, 0) is 9.57 Å². The molecule has 2 rings (SSSR count). The second-order valence-corrected chi connectivity index (χ2v) is 8.99. The molecule has 2 fully saturated rings. The number of rotatable bonds is 10. The first-order valence-corrected chi connectivity index (χ1v) is 9.90. The molecule has 2 aliphatic heterocycles. The van der Waals surface area contributed by atoms with Crippen LogP contribution in [0.15, 0.2) is 0 Å². The first-order chi connectivity index (χ1) is 10.8. The van der Waals surface area contributed by atoms with Crippen molar-refractivity contribution in [1.29, 1.82) is 0 Å². The molecule has 0 saturated carbocycles. The molecule has 1 atom stereocenters. The molecule has 2 saturated heterocycles. The number of piperidine rings is 1. The van der Waals surface area contributed by atoms with Crippen LogP contribution in [0.4, 0.5) is 0 Å². The molecule has 0 radical (unpaired) electrons. The normalized spacial score (nSPS) is 27.3. The Hall–Kier alpha value is -0.120. The molecule has 1 unspecified atom stereocenters. The first-order valence-electron chi connectivity index (χ1n) is 9.90. The van der Waals surface area contributed by atoms with Gasteiger partial charge in [-0.2, -0.15) is 5.06 Å². The van der Waals surface area contributed by atoms with Gasteiger partial charge < -0.3 is 4.74 Å². The maximum Gasteiger partial charge on any atom is 0.0812 e. The van der Waals surface area contributed by atoms with E-state index in [0.717, 1.165) is 19.1 Å². The van der Waals surface area contributed by atoms with Crippen LogP contribution in [0.1, 0.15) is 92.4 Å². The standard InChI is InChI=1S/C20H39NO2/c1-6-7-8-9-10-11-12-23-21-19(2,3)14-17(13-18-16-22-18)15-20(21,4)5/h17-18H,6-16H2,1-5H3. The molecular weight excluding hydrogens is 286 g/mol. The minimum absolute atomic E-state index is 0.115. The van der Waals surface area contributed by atoms with Crippen LogP contribution in [0.3, 0.4) is 0 Å². The monoisotopic (exact) mass is 325 g/mol. The number of epoxide rings is 1. The number of hydroxylamine groups is 2. The second kappa shape index (κ2) is 8.31. The summed E-state index contributed by atoms with van der Waals surface area (Å²) in [5.74, 6) is 0.765. The van der Waals surface area contributed by atoms with Crippen molar-refractivity contribution in [2.24, 2.45) is 5.92 Å². The maximum absolute atomic E-state index is 6.29. The lowest BCUT2D eigenvalue weighted by Gasteiger charge is -2.54. The van der Waals surface area contributed by atoms with E-state index in [1.807, 2.05) is 0 Å². The zero-order valence-corrected chi connectivity index (χ0v) is 16.2. The Kier molecular flexibility index (Phi) is 6.94. The summed E-state index contributed by atoms with van der Waals surface area (Å²) >= 11 is 0. The van der Waals surface area contributed by atoms with Crippen LogP contribution in [0, 0.1) is 5.92 Å². The Labute approximate surface area is 144 Å². The van der Waals surface area contributed by atoms with E-state index in [1.54, 1.807) is 0 Å². The topological polar surface area (TPSA) is 25.0 Å². The quantitative estimate of drug-likeness (QED) is 0.400. The van der Waals surface area contributed by atoms with Crippen LogP contribution >= 0.6 is 0 Å². The Morgan fingerprint density at radius 3 is 2.09 bits per heavy atom. The van der Waals surface area contributed by atoms with E-state index in [1.165, 1.54) is 57.8 Å². The van der Waals surface area contributed by atoms with Gasteiger partial charge in [-0.1, -0.05) is 39.0 Å². The van der Waals surface area contributed by atoms with E-state index in [4.69, 9.17) is 9.57 Å². The number of nitrogens with zero attached hydrogens (tertiary/aromatic N) is 1. The number of hydrogen-bond donors (Lipinski definition) is 0. The van der Waals surface area contributed by atoms with Gasteiger partial charge in [0.25, 0.3) is 0 Å². The SMILES string of the molecule is CCCCCCCCON1C(C)(C)CC(CC2CO2)CC1(C)C. The fourth-order valence-corrected chi connectivity index (χ4v) is 4.60. The Morgan fingerprint density at radius 2 is 1.52 bits per heavy atom. The third-order valence-electron chi connectivity index (χ3n) is 5.39. The minimum atomic E-state index is 0.115. The summed E-state index contributed by atoms with van der Waals surface area (Å²) in [5.41, 5.74) is 0.229. The molecule has 3 heteroatoms. The molecule has 0 aromatic rings. The number of ether oxygens (including phenoxy) is 1. The van der Waals surface area contributed by atoms with Gasteiger partial charge in [0.1, 0.15) is 0 Å². The summed E-state index contributed by atoms with van der Waals surface area (Å²) in [5, 5.41) is 2.32. The van der Waals surface area contributed by atoms with Gasteiger partial charge in [0.05, 0.1) is 19.3 Å². The summed E-state index contributed by atoms with van der Waals surface area (Å²) in [6, 6.07) is 0. The highest BCUT2D eigenvalue weighted by Crippen LogP contribution is 2.44. The Balaban J connectivity index is 1.75. The molecule has 0 spiro atoms. The number of unbranched alkanes of at least 4 members (excludes halogenated alkanes) is 5. The van der Waals surface area contributed by atoms with E-state index in [0.29, 0.717) is 6.10 Å². The molecule has 0 amide bonds. The fourth-order valence-electron chi connectivity index (χ4n) is 4.60. The third-order valence-corrected chi connectivity index (χ3v) is 5.39. The van der Waals surface area contributed by atoms with Gasteiger partial charge in [-0.3, -0.25) is 4.84 Å². The molecule has 0 bridgehead atoms. The van der Waals surface area contributed by atoms with Crippen LogP contribution in [0.5, 0.6) is 0 Å². The lowest BCUT2D eigenvalue weighted by Crippen LogP contribution is -2.60. The average Bonchev–Trinajstić information content (AvgIpc) is 3.22. The zero-order chi connectivity index (χ0) is 16.9. The maximum atomic E-state index is 6.29. The predicted molar refractivity (Wildman–Crippen MR) is 96.4 cm³/mol. The van der Waals surface area contributed by atoms with E-state index in [9.17, 15) is 0 Å². The predicted octanol–water partition coefficient (Wildman–Crippen LogP) is 5.34. The molecule has 0 N–H and O–H groups in total. The van der Waals surface area contributed by atoms with Crippen LogP contribution in [0.25, 0.3) is 0 Å². The van der Waals surface area contributed by atoms with Crippen LogP contribution < -0.4 is 0 Å². The molecule has 2 aliphatic rings. The molecular formula is C20H39NO2. The van der Waals surface area contributed by atoms with Crippen molar-refractivity contribution in [1.82, 2.24) is 5.06 Å². The van der Waals surface area contributed by atoms with Gasteiger partial charge in [-0.05, 0) is 59.3 Å². The van der Waals surface area contributed by atoms with Gasteiger partial charge in [0, 0.05) is 11.1 Å². The van der Waals surface area contributed by atoms with Crippen molar-refractivity contribution in [2.45, 2.75) is 110 Å². The molecule has 0 aliphatic carbocycles. The molecule has 2 heterocycles. The summed E-state index contributed by atoms with van der Waals surface area (Å²) in [4.78, 5) is 6.29. The molecule has 23 heavy (non-hydrogen) atoms. The van der Waals surface area contributed by atoms with Crippen molar-refractivity contribution in [3.05, 3.63) is 0 Å². The van der Waals surface area contributed by atoms with E-state index in [2.05, 4.69) is 39.7 Å². The largest absolute Gasteiger partial charge is 0.373 e. The zero-order valence-electron chi connectivity index (χ0n) is 16.2. The van der Waals surface area contributed by atoms with Gasteiger partial charge in [-0.25, -0.2) is 0 Å². The van der Waals surface area contributed by atoms with Gasteiger partial charge in [0.2, 0.25) is 0 Å². The van der Waals surface area contributed by atoms with Crippen molar-refractivity contribution in [3.8, 4) is 0 Å². The van der Waals surface area contributed by atoms with E-state index < -0.39 is 0 Å². The first kappa shape index (κ1) is 19.2. The van der Waals surface area contributed by atoms with Crippen molar-refractivity contribution < 1.29 is 9.57 Å². The highest BCUT2D eigenvalue weighted by Gasteiger charge is 2.47. The van der Waals surface area contributed by atoms with Gasteiger partial charge >= 0.3 is 0 Å². The molecule has 0 aromatic heterocycles. The van der Waals surface area contributed by atoms with Crippen LogP contribution in [-0.4, -0.2) is 35.5 Å². The smallest absolute Gasteiger partial charge is 0.0812 e. The van der Waals surface area contributed by atoms with Crippen molar-refractivity contribution in [2.75, 3.05) is 13.2 Å². The molecule has 136 valence electrons. The Bertz CT molecular complexity index is 332. The average molecular weight is 326 g/mol. The highest BCUT2D eigenvalue weighted by molar-refractivity contribution is 4.97. The second-order valence-electron chi connectivity index (χ2n) is 8.99. The summed E-state index contributed by atoms with van der Waals surface area (Å²) in [6.07, 6.45) is 12.1. The van der Waals surface area contributed by atoms with Crippen LogP contribution in [0.2, 0.25) is 0 Å². The Morgan fingerprint density at radius 1 is 0.957 bits per heavy atom. The third kappa shape index (κ3) is 6.03. The fraction of sp³-hybridized carbons (Fsp3) is 1.00. The van der Waals surface area contributed by atoms with Gasteiger partial charge in [-0.15, -0.1) is 0 Å².